The van der Waals surface area contributed by atoms with Crippen molar-refractivity contribution in [2.45, 2.75) is 207 Å². The average molecular weight is 871 g/mol. The molecule has 0 heterocycles. The van der Waals surface area contributed by atoms with E-state index in [1.54, 1.807) is 0 Å². The van der Waals surface area contributed by atoms with E-state index in [0.29, 0.717) is 25.7 Å². The third-order valence-electron chi connectivity index (χ3n) is 9.93. The number of allylic oxidation sites excluding steroid dienone is 20. The maximum atomic E-state index is 12.8. The molecule has 0 fully saturated rings. The van der Waals surface area contributed by atoms with E-state index in [1.807, 2.05) is 0 Å². The lowest BCUT2D eigenvalue weighted by Gasteiger charge is -2.18. The molecule has 0 saturated carbocycles. The minimum absolute atomic E-state index is 0.124. The van der Waals surface area contributed by atoms with Crippen LogP contribution in [0, 0.1) is 0 Å². The van der Waals surface area contributed by atoms with E-state index in [-0.39, 0.29) is 37.5 Å². The highest BCUT2D eigenvalue weighted by Gasteiger charge is 2.19. The van der Waals surface area contributed by atoms with Crippen LogP contribution in [0.1, 0.15) is 201 Å². The molecule has 0 unspecified atom stereocenters. The number of esters is 3. The third-order valence-corrected chi connectivity index (χ3v) is 9.93. The first kappa shape index (κ1) is 58.8. The molecule has 0 aromatic heterocycles. The summed E-state index contributed by atoms with van der Waals surface area (Å²) in [5.41, 5.74) is 0. The Morgan fingerprint density at radius 1 is 0.333 bits per heavy atom. The number of carbonyl (C=O) groups is 3. The van der Waals surface area contributed by atoms with Gasteiger partial charge in [0.2, 0.25) is 0 Å². The van der Waals surface area contributed by atoms with Crippen LogP contribution in [0.15, 0.2) is 122 Å². The zero-order valence-electron chi connectivity index (χ0n) is 40.3. The fraction of sp³-hybridized carbons (Fsp3) is 0.596. The van der Waals surface area contributed by atoms with Gasteiger partial charge in [0.15, 0.2) is 6.10 Å². The number of carbonyl (C=O) groups excluding carboxylic acids is 3. The Hall–Kier alpha value is -4.19. The summed E-state index contributed by atoms with van der Waals surface area (Å²) in [5, 5.41) is 0. The van der Waals surface area contributed by atoms with E-state index in [2.05, 4.69) is 142 Å². The van der Waals surface area contributed by atoms with Crippen molar-refractivity contribution in [3.05, 3.63) is 122 Å². The molecule has 6 nitrogen and oxygen atoms in total. The summed E-state index contributed by atoms with van der Waals surface area (Å²) in [5.74, 6) is -1.04. The fourth-order valence-corrected chi connectivity index (χ4v) is 6.23. The van der Waals surface area contributed by atoms with Crippen molar-refractivity contribution in [3.63, 3.8) is 0 Å². The second kappa shape index (κ2) is 50.5. The molecule has 354 valence electrons. The highest BCUT2D eigenvalue weighted by Crippen LogP contribution is 2.12. The van der Waals surface area contributed by atoms with Gasteiger partial charge in [-0.1, -0.05) is 181 Å². The lowest BCUT2D eigenvalue weighted by molar-refractivity contribution is -0.167. The lowest BCUT2D eigenvalue weighted by Crippen LogP contribution is -2.30. The summed E-state index contributed by atoms with van der Waals surface area (Å²) in [6.45, 7) is 6.28. The van der Waals surface area contributed by atoms with Crippen LogP contribution in [-0.2, 0) is 28.6 Å². The number of rotatable bonds is 43. The minimum Gasteiger partial charge on any atom is -0.462 e. The summed E-state index contributed by atoms with van der Waals surface area (Å²) >= 11 is 0. The normalized spacial score (nSPS) is 13.1. The predicted molar refractivity (Wildman–Crippen MR) is 269 cm³/mol. The molecule has 0 amide bonds. The van der Waals surface area contributed by atoms with E-state index >= 15 is 0 Å². The molecule has 1 atom stereocenters. The van der Waals surface area contributed by atoms with Gasteiger partial charge < -0.3 is 14.2 Å². The van der Waals surface area contributed by atoms with Crippen LogP contribution in [0.2, 0.25) is 0 Å². The average Bonchev–Trinajstić information content (AvgIpc) is 3.28. The fourth-order valence-electron chi connectivity index (χ4n) is 6.23. The molecule has 0 spiro atoms. The van der Waals surface area contributed by atoms with Crippen LogP contribution >= 0.6 is 0 Å². The maximum absolute atomic E-state index is 12.8. The van der Waals surface area contributed by atoms with Gasteiger partial charge in [-0.15, -0.1) is 0 Å². The molecule has 0 aliphatic rings. The molecular weight excluding hydrogens is 781 g/mol. The van der Waals surface area contributed by atoms with Crippen molar-refractivity contribution < 1.29 is 28.6 Å². The molecule has 0 bridgehead atoms. The third kappa shape index (κ3) is 48.7. The molecule has 0 aromatic rings. The first-order valence-corrected chi connectivity index (χ1v) is 25.0. The summed E-state index contributed by atoms with van der Waals surface area (Å²) in [6.07, 6.45) is 69.0. The van der Waals surface area contributed by atoms with Gasteiger partial charge in [0, 0.05) is 19.3 Å². The lowest BCUT2D eigenvalue weighted by atomic mass is 10.1. The van der Waals surface area contributed by atoms with Gasteiger partial charge in [-0.05, 0) is 122 Å². The molecule has 0 radical (unpaired) electrons. The number of unbranched alkanes of at least 4 members (excludes halogenated alkanes) is 12. The molecule has 63 heavy (non-hydrogen) atoms. The highest BCUT2D eigenvalue weighted by atomic mass is 16.6. The topological polar surface area (TPSA) is 78.9 Å². The van der Waals surface area contributed by atoms with E-state index in [0.717, 1.165) is 109 Å². The maximum Gasteiger partial charge on any atom is 0.306 e. The van der Waals surface area contributed by atoms with Crippen LogP contribution < -0.4 is 0 Å². The summed E-state index contributed by atoms with van der Waals surface area (Å²) in [7, 11) is 0. The molecule has 0 rings (SSSR count). The Bertz CT molecular complexity index is 1370. The van der Waals surface area contributed by atoms with Crippen molar-refractivity contribution in [1.82, 2.24) is 0 Å². The second-order valence-corrected chi connectivity index (χ2v) is 16.0. The van der Waals surface area contributed by atoms with E-state index in [4.69, 9.17) is 14.2 Å². The molecule has 6 heteroatoms. The van der Waals surface area contributed by atoms with E-state index in [1.165, 1.54) is 38.5 Å². The Kier molecular flexibility index (Phi) is 47.1. The molecular formula is C57H90O6. The number of ether oxygens (including phenoxy) is 3. The predicted octanol–water partition coefficient (Wildman–Crippen LogP) is 16.5. The van der Waals surface area contributed by atoms with Gasteiger partial charge in [-0.2, -0.15) is 0 Å². The standard InChI is InChI=1S/C57H90O6/c1-4-7-10-13-16-19-22-25-27-28-30-33-35-38-41-44-47-50-56(59)62-53-54(63-57(60)51-48-45-42-39-36-31-24-21-18-15-12-9-6-3)52-61-55(58)49-46-43-40-37-34-32-29-26-23-20-17-14-11-8-5-2/h7-8,10-11,16-17,19-21,24-27,29-30,33-34,37-38,41,54H,4-6,9,12-15,18,22-23,28,31-32,35-36,39-40,42-53H2,1-3H3/b10-7-,11-8-,19-16-,20-17-,24-21-,27-25-,29-26-,33-30-,37-34-,41-38-/t54-/m0/s1. The summed E-state index contributed by atoms with van der Waals surface area (Å²) in [4.78, 5) is 37.9. The molecule has 0 N–H and O–H groups in total. The van der Waals surface area contributed by atoms with E-state index in [9.17, 15) is 14.4 Å². The SMILES string of the molecule is CC/C=C\C/C=C\C/C=C\C/C=C\C/C=C\CCCC(=O)OC[C@H](COC(=O)CCCC/C=C\C/C=C\C/C=C\C/C=C\CC)OC(=O)CCCCCCC/C=C\CCCCCC. The van der Waals surface area contributed by atoms with Gasteiger partial charge in [-0.3, -0.25) is 14.4 Å². The zero-order chi connectivity index (χ0) is 45.8. The Morgan fingerprint density at radius 3 is 1.08 bits per heavy atom. The van der Waals surface area contributed by atoms with Crippen molar-refractivity contribution >= 4 is 17.9 Å². The summed E-state index contributed by atoms with van der Waals surface area (Å²) < 4.78 is 16.7. The Balaban J connectivity index is 4.57. The highest BCUT2D eigenvalue weighted by molar-refractivity contribution is 5.71. The quantitative estimate of drug-likeness (QED) is 0.0263. The van der Waals surface area contributed by atoms with E-state index < -0.39 is 6.10 Å². The van der Waals surface area contributed by atoms with Crippen LogP contribution in [0.4, 0.5) is 0 Å². The first-order chi connectivity index (χ1) is 31.0. The van der Waals surface area contributed by atoms with Crippen molar-refractivity contribution in [1.29, 1.82) is 0 Å². The smallest absolute Gasteiger partial charge is 0.306 e. The van der Waals surface area contributed by atoms with Gasteiger partial charge in [0.1, 0.15) is 13.2 Å². The van der Waals surface area contributed by atoms with Crippen LogP contribution in [0.5, 0.6) is 0 Å². The van der Waals surface area contributed by atoms with Gasteiger partial charge >= 0.3 is 17.9 Å². The van der Waals surface area contributed by atoms with Gasteiger partial charge in [0.05, 0.1) is 0 Å². The monoisotopic (exact) mass is 871 g/mol. The van der Waals surface area contributed by atoms with Crippen LogP contribution in [0.25, 0.3) is 0 Å². The number of hydrogen-bond acceptors (Lipinski definition) is 6. The zero-order valence-corrected chi connectivity index (χ0v) is 40.3. The minimum atomic E-state index is -0.825. The molecule has 0 saturated heterocycles. The van der Waals surface area contributed by atoms with Gasteiger partial charge in [-0.25, -0.2) is 0 Å². The number of hydrogen-bond donors (Lipinski definition) is 0. The molecule has 0 aliphatic heterocycles. The second-order valence-electron chi connectivity index (χ2n) is 16.0. The van der Waals surface area contributed by atoms with Crippen LogP contribution in [-0.4, -0.2) is 37.2 Å². The molecule has 0 aliphatic carbocycles. The largest absolute Gasteiger partial charge is 0.462 e. The first-order valence-electron chi connectivity index (χ1n) is 25.0. The Morgan fingerprint density at radius 2 is 0.635 bits per heavy atom. The Labute approximate surface area is 386 Å². The van der Waals surface area contributed by atoms with Crippen molar-refractivity contribution in [2.24, 2.45) is 0 Å². The van der Waals surface area contributed by atoms with Crippen molar-refractivity contribution in [3.8, 4) is 0 Å². The molecule has 0 aromatic carbocycles. The van der Waals surface area contributed by atoms with Gasteiger partial charge in [0.25, 0.3) is 0 Å². The van der Waals surface area contributed by atoms with Crippen LogP contribution in [0.3, 0.4) is 0 Å². The summed E-state index contributed by atoms with van der Waals surface area (Å²) in [6, 6.07) is 0. The van der Waals surface area contributed by atoms with Crippen molar-refractivity contribution in [2.75, 3.05) is 13.2 Å².